The summed E-state index contributed by atoms with van der Waals surface area (Å²) in [5.41, 5.74) is 2.14. The highest BCUT2D eigenvalue weighted by molar-refractivity contribution is 5.98. The normalized spacial score (nSPS) is 10.2. The van der Waals surface area contributed by atoms with Crippen molar-refractivity contribution in [2.24, 2.45) is 0 Å². The molecule has 0 radical (unpaired) electrons. The molecule has 0 fully saturated rings. The number of rotatable bonds is 4. The first-order valence-electron chi connectivity index (χ1n) is 8.20. The molecule has 0 bridgehead atoms. The van der Waals surface area contributed by atoms with Gasteiger partial charge in [-0.2, -0.15) is 0 Å². The van der Waals surface area contributed by atoms with Gasteiger partial charge < -0.3 is 9.47 Å². The molecule has 0 aliphatic carbocycles. The number of hydrogen-bond donors (Lipinski definition) is 0. The maximum absolute atomic E-state index is 12.5. The van der Waals surface area contributed by atoms with Crippen molar-refractivity contribution in [3.05, 3.63) is 95.1 Å². The molecule has 0 spiro atoms. The second-order valence-electron chi connectivity index (χ2n) is 5.89. The second-order valence-corrected chi connectivity index (χ2v) is 5.89. The van der Waals surface area contributed by atoms with Crippen LogP contribution >= 0.6 is 0 Å². The number of carbonyl (C=O) groups is 2. The number of ether oxygens (including phenoxy) is 2. The van der Waals surface area contributed by atoms with E-state index in [4.69, 9.17) is 9.47 Å². The maximum atomic E-state index is 12.5. The Morgan fingerprint density at radius 1 is 0.615 bits per heavy atom. The van der Waals surface area contributed by atoms with Crippen molar-refractivity contribution in [1.29, 1.82) is 0 Å². The zero-order valence-corrected chi connectivity index (χ0v) is 14.6. The van der Waals surface area contributed by atoms with Crippen molar-refractivity contribution >= 4 is 11.9 Å². The molecule has 0 saturated heterocycles. The molecule has 130 valence electrons. The Morgan fingerprint density at radius 2 is 1.00 bits per heavy atom. The highest BCUT2D eigenvalue weighted by atomic mass is 16.5. The molecule has 0 atom stereocenters. The third kappa shape index (κ3) is 3.98. The summed E-state index contributed by atoms with van der Waals surface area (Å²) in [5.74, 6) is -0.123. The molecule has 0 saturated carbocycles. The second kappa shape index (κ2) is 7.66. The van der Waals surface area contributed by atoms with Gasteiger partial charge >= 0.3 is 11.9 Å². The molecule has 0 aromatic heterocycles. The van der Waals surface area contributed by atoms with Crippen LogP contribution in [-0.4, -0.2) is 11.9 Å². The van der Waals surface area contributed by atoms with Crippen LogP contribution in [0.5, 0.6) is 11.5 Å². The van der Waals surface area contributed by atoms with Crippen molar-refractivity contribution in [2.75, 3.05) is 0 Å². The largest absolute Gasteiger partial charge is 0.423 e. The quantitative estimate of drug-likeness (QED) is 0.506. The molecule has 0 heterocycles. The van der Waals surface area contributed by atoms with Gasteiger partial charge in [-0.25, -0.2) is 9.59 Å². The third-order valence-electron chi connectivity index (χ3n) is 3.92. The lowest BCUT2D eigenvalue weighted by Gasteiger charge is -2.12. The van der Waals surface area contributed by atoms with Crippen molar-refractivity contribution in [1.82, 2.24) is 0 Å². The number of benzene rings is 3. The van der Waals surface area contributed by atoms with Crippen LogP contribution in [0.1, 0.15) is 31.8 Å². The van der Waals surface area contributed by atoms with Gasteiger partial charge in [0.1, 0.15) is 11.5 Å². The fourth-order valence-corrected chi connectivity index (χ4v) is 2.59. The fourth-order valence-electron chi connectivity index (χ4n) is 2.59. The summed E-state index contributed by atoms with van der Waals surface area (Å²) in [5, 5.41) is 0. The molecule has 0 N–H and O–H groups in total. The van der Waals surface area contributed by atoms with Crippen LogP contribution in [0.15, 0.2) is 72.8 Å². The molecule has 0 aliphatic rings. The molecule has 4 nitrogen and oxygen atoms in total. The Labute approximate surface area is 152 Å². The Bertz CT molecular complexity index is 856. The van der Waals surface area contributed by atoms with E-state index in [1.807, 2.05) is 12.1 Å². The number of hydrogen-bond acceptors (Lipinski definition) is 4. The Hall–Kier alpha value is -3.40. The van der Waals surface area contributed by atoms with Gasteiger partial charge in [0.05, 0.1) is 11.1 Å². The van der Waals surface area contributed by atoms with E-state index in [0.29, 0.717) is 22.6 Å². The average molecular weight is 346 g/mol. The van der Waals surface area contributed by atoms with Crippen molar-refractivity contribution in [3.8, 4) is 11.5 Å². The predicted molar refractivity (Wildman–Crippen MR) is 98.7 cm³/mol. The van der Waals surface area contributed by atoms with E-state index in [0.717, 1.165) is 11.1 Å². The Kier molecular flexibility index (Phi) is 5.13. The van der Waals surface area contributed by atoms with Crippen molar-refractivity contribution < 1.29 is 19.1 Å². The minimum absolute atomic E-state index is 0.333. The van der Waals surface area contributed by atoms with E-state index >= 15 is 0 Å². The van der Waals surface area contributed by atoms with E-state index in [-0.39, 0.29) is 0 Å². The Morgan fingerprint density at radius 3 is 1.38 bits per heavy atom. The molecule has 3 aromatic carbocycles. The molecule has 0 aliphatic heterocycles. The highest BCUT2D eigenvalue weighted by Gasteiger charge is 2.19. The fraction of sp³-hybridized carbons (Fsp3) is 0.0909. The van der Waals surface area contributed by atoms with Gasteiger partial charge in [0.25, 0.3) is 0 Å². The van der Waals surface area contributed by atoms with E-state index < -0.39 is 11.9 Å². The first kappa shape index (κ1) is 17.4. The standard InChI is InChI=1S/C22H18O4/c1-15-13-16(2)20(22(24)26-18-11-7-4-8-12-18)14-19(15)21(23)25-17-9-5-3-6-10-17/h3-14H,1-2H3. The number of para-hydroxylation sites is 2. The van der Waals surface area contributed by atoms with Gasteiger partial charge in [0.2, 0.25) is 0 Å². The number of esters is 2. The molecule has 0 amide bonds. The maximum Gasteiger partial charge on any atom is 0.343 e. The smallest absolute Gasteiger partial charge is 0.343 e. The van der Waals surface area contributed by atoms with Crippen LogP contribution in [0.3, 0.4) is 0 Å². The SMILES string of the molecule is Cc1cc(C)c(C(=O)Oc2ccccc2)cc1C(=O)Oc1ccccc1. The minimum Gasteiger partial charge on any atom is -0.423 e. The van der Waals surface area contributed by atoms with Gasteiger partial charge in [0, 0.05) is 0 Å². The first-order valence-corrected chi connectivity index (χ1v) is 8.20. The molecule has 0 unspecified atom stereocenters. The molecule has 4 heteroatoms. The van der Waals surface area contributed by atoms with Gasteiger partial charge in [-0.15, -0.1) is 0 Å². The summed E-state index contributed by atoms with van der Waals surface area (Å²) in [6, 6.07) is 20.9. The highest BCUT2D eigenvalue weighted by Crippen LogP contribution is 2.21. The van der Waals surface area contributed by atoms with Gasteiger partial charge in [0.15, 0.2) is 0 Å². The number of carbonyl (C=O) groups excluding carboxylic acids is 2. The van der Waals surface area contributed by atoms with E-state index in [9.17, 15) is 9.59 Å². The zero-order valence-electron chi connectivity index (χ0n) is 14.6. The minimum atomic E-state index is -0.512. The summed E-state index contributed by atoms with van der Waals surface area (Å²) in [4.78, 5) is 25.0. The first-order chi connectivity index (χ1) is 12.5. The van der Waals surface area contributed by atoms with Crippen molar-refractivity contribution in [3.63, 3.8) is 0 Å². The van der Waals surface area contributed by atoms with Crippen LogP contribution in [-0.2, 0) is 0 Å². The van der Waals surface area contributed by atoms with Crippen LogP contribution < -0.4 is 9.47 Å². The van der Waals surface area contributed by atoms with Gasteiger partial charge in [-0.05, 0) is 55.3 Å². The molecule has 26 heavy (non-hydrogen) atoms. The van der Waals surface area contributed by atoms with E-state index in [1.165, 1.54) is 6.07 Å². The number of aryl methyl sites for hydroxylation is 2. The molecule has 3 rings (SSSR count). The monoisotopic (exact) mass is 346 g/mol. The third-order valence-corrected chi connectivity index (χ3v) is 3.92. The van der Waals surface area contributed by atoms with Crippen LogP contribution in [0.25, 0.3) is 0 Å². The van der Waals surface area contributed by atoms with Crippen LogP contribution in [0.4, 0.5) is 0 Å². The van der Waals surface area contributed by atoms with Crippen LogP contribution in [0.2, 0.25) is 0 Å². The predicted octanol–water partition coefficient (Wildman–Crippen LogP) is 4.74. The van der Waals surface area contributed by atoms with Crippen molar-refractivity contribution in [2.45, 2.75) is 13.8 Å². The zero-order chi connectivity index (χ0) is 18.5. The average Bonchev–Trinajstić information content (AvgIpc) is 2.63. The molecule has 3 aromatic rings. The Balaban J connectivity index is 1.87. The topological polar surface area (TPSA) is 52.6 Å². The summed E-state index contributed by atoms with van der Waals surface area (Å²) in [7, 11) is 0. The lowest BCUT2D eigenvalue weighted by molar-refractivity contribution is 0.0734. The molecular formula is C22H18O4. The summed E-state index contributed by atoms with van der Waals surface area (Å²) >= 11 is 0. The van der Waals surface area contributed by atoms with E-state index in [2.05, 4.69) is 0 Å². The van der Waals surface area contributed by atoms with Crippen LogP contribution in [0, 0.1) is 13.8 Å². The van der Waals surface area contributed by atoms with E-state index in [1.54, 1.807) is 68.4 Å². The molecular weight excluding hydrogens is 328 g/mol. The van der Waals surface area contributed by atoms with Gasteiger partial charge in [-0.3, -0.25) is 0 Å². The lowest BCUT2D eigenvalue weighted by Crippen LogP contribution is -2.15. The summed E-state index contributed by atoms with van der Waals surface area (Å²) in [6.07, 6.45) is 0. The van der Waals surface area contributed by atoms with Gasteiger partial charge in [-0.1, -0.05) is 42.5 Å². The summed E-state index contributed by atoms with van der Waals surface area (Å²) in [6.45, 7) is 3.61. The lowest BCUT2D eigenvalue weighted by atomic mass is 10.00. The summed E-state index contributed by atoms with van der Waals surface area (Å²) < 4.78 is 10.8.